The van der Waals surface area contributed by atoms with Gasteiger partial charge in [-0.25, -0.2) is 9.59 Å². The zero-order valence-electron chi connectivity index (χ0n) is 61.9. The van der Waals surface area contributed by atoms with Crippen molar-refractivity contribution in [2.45, 2.75) is 230 Å². The van der Waals surface area contributed by atoms with E-state index >= 15 is 4.79 Å². The molecule has 4 saturated heterocycles. The number of aliphatic hydroxyl groups excluding tert-OH is 2. The molecule has 4 aliphatic rings. The summed E-state index contributed by atoms with van der Waals surface area (Å²) in [6, 6.07) is -23.3. The zero-order chi connectivity index (χ0) is 79.9. The van der Waals surface area contributed by atoms with E-state index in [4.69, 9.17) is 11.5 Å². The summed E-state index contributed by atoms with van der Waals surface area (Å²) in [7, 11) is 1.65. The van der Waals surface area contributed by atoms with Crippen LogP contribution in [0.3, 0.4) is 0 Å². The van der Waals surface area contributed by atoms with Crippen molar-refractivity contribution in [2.75, 3.05) is 50.9 Å². The second-order valence-electron chi connectivity index (χ2n) is 27.5. The number of hydrogen-bond acceptors (Lipinski definition) is 23. The Labute approximate surface area is 628 Å². The third-order valence-electron chi connectivity index (χ3n) is 18.9. The number of urea groups is 2. The maximum absolute atomic E-state index is 15.0. The van der Waals surface area contributed by atoms with E-state index in [1.807, 2.05) is 10.6 Å². The minimum Gasteiger partial charge on any atom is -0.481 e. The summed E-state index contributed by atoms with van der Waals surface area (Å²) in [6.45, 7) is 13.0. The Morgan fingerprint density at radius 1 is 0.626 bits per heavy atom. The maximum Gasteiger partial charge on any atom is 0.329 e. The van der Waals surface area contributed by atoms with Crippen molar-refractivity contribution >= 4 is 129 Å². The topological polar surface area (TPSA) is 590 Å². The summed E-state index contributed by atoms with van der Waals surface area (Å²) in [5.74, 6) is -17.6. The van der Waals surface area contributed by atoms with Crippen LogP contribution in [0.4, 0.5) is 9.59 Å². The number of nitrogens with one attached hydrogen (secondary N) is 14. The van der Waals surface area contributed by atoms with Crippen LogP contribution in [0, 0.1) is 23.7 Å². The SMILES string of the molecule is CC[C@H](C)[C@@H]1NC(=O)NC(=O)NC(=O)[C@H](C)NC(=O)[C@H](CC(=O)O)NC(=O)[C@@H]2CCCN2C(=O)[C@H]([C@@H](C)CC)NC(=O)[C@@H](NC(=O)[C@@H](NC(=O)[C@@H]2CCCN2)[C@@H](C)CC)CSSC[C@@H](C(=O)N[C@@H](CO)C(=O)N[C@@H](CCCN=C(N)N)C(=O)N[C@@H](CO)C(=O)N[C@@H](CC(C)C)C(=O)N2CCC[C@H]2C=O)NC1=O. The van der Waals surface area contributed by atoms with E-state index < -0.39 is 228 Å². The molecule has 0 saturated carbocycles. The first-order chi connectivity index (χ1) is 50.6. The molecule has 41 heteroatoms. The number of carbonyl (C=O) groups is 17. The van der Waals surface area contributed by atoms with E-state index in [9.17, 15) is 92.0 Å². The quantitative estimate of drug-likeness (QED) is 0.0105. The van der Waals surface area contributed by atoms with Gasteiger partial charge in [-0.2, -0.15) is 0 Å². The van der Waals surface area contributed by atoms with E-state index in [2.05, 4.69) is 68.8 Å². The first-order valence-electron chi connectivity index (χ1n) is 36.1. The van der Waals surface area contributed by atoms with E-state index in [0.717, 1.165) is 33.4 Å². The molecular formula is C66H109N19O20S2. The van der Waals surface area contributed by atoms with Crippen LogP contribution < -0.4 is 85.9 Å². The minimum absolute atomic E-state index is 0.00754. The Balaban J connectivity index is 1.79. The van der Waals surface area contributed by atoms with Crippen molar-refractivity contribution < 1.29 is 96.8 Å². The molecule has 0 radical (unpaired) electrons. The molecule has 0 bridgehead atoms. The molecule has 21 N–H and O–H groups in total. The normalized spacial score (nSPS) is 24.8. The van der Waals surface area contributed by atoms with Gasteiger partial charge in [0.1, 0.15) is 78.8 Å². The number of hydrogen-bond donors (Lipinski definition) is 19. The highest BCUT2D eigenvalue weighted by atomic mass is 33.1. The number of imide groups is 2. The summed E-state index contributed by atoms with van der Waals surface area (Å²) in [4.78, 5) is 242. The summed E-state index contributed by atoms with van der Waals surface area (Å²) in [5.41, 5.74) is 11.1. The molecule has 0 spiro atoms. The van der Waals surface area contributed by atoms with E-state index in [-0.39, 0.29) is 76.5 Å². The van der Waals surface area contributed by atoms with Gasteiger partial charge in [0.25, 0.3) is 0 Å². The number of nitrogens with two attached hydrogens (primary N) is 2. The number of aliphatic imine (C=N–C) groups is 1. The number of carboxylic acids is 1. The van der Waals surface area contributed by atoms with Crippen LogP contribution in [0.5, 0.6) is 0 Å². The first-order valence-corrected chi connectivity index (χ1v) is 38.6. The molecule has 107 heavy (non-hydrogen) atoms. The van der Waals surface area contributed by atoms with Crippen molar-refractivity contribution in [2.24, 2.45) is 40.1 Å². The van der Waals surface area contributed by atoms with Crippen molar-refractivity contribution in [3.8, 4) is 0 Å². The fourth-order valence-corrected chi connectivity index (χ4v) is 14.3. The number of amides is 17. The lowest BCUT2D eigenvalue weighted by Gasteiger charge is -2.33. The predicted octanol–water partition coefficient (Wildman–Crippen LogP) is -5.22. The third kappa shape index (κ3) is 28.3. The molecule has 4 rings (SSSR count). The van der Waals surface area contributed by atoms with Crippen LogP contribution in [-0.4, -0.2) is 268 Å². The second kappa shape index (κ2) is 45.0. The van der Waals surface area contributed by atoms with E-state index in [1.54, 1.807) is 48.5 Å². The van der Waals surface area contributed by atoms with E-state index in [0.29, 0.717) is 44.9 Å². The highest BCUT2D eigenvalue weighted by molar-refractivity contribution is 8.76. The molecule has 39 nitrogen and oxygen atoms in total. The molecule has 17 atom stereocenters. The Hall–Kier alpha value is -8.96. The molecule has 0 aliphatic carbocycles. The number of carbonyl (C=O) groups excluding carboxylic acids is 16. The molecule has 600 valence electrons. The molecular weight excluding hydrogens is 1440 g/mol. The summed E-state index contributed by atoms with van der Waals surface area (Å²) in [5, 5.41) is 65.2. The average Bonchev–Trinajstić information content (AvgIpc) is 1.74. The van der Waals surface area contributed by atoms with Crippen LogP contribution >= 0.6 is 21.6 Å². The molecule has 17 amide bonds. The highest BCUT2D eigenvalue weighted by Gasteiger charge is 2.44. The predicted molar refractivity (Wildman–Crippen MR) is 390 cm³/mol. The fourth-order valence-electron chi connectivity index (χ4n) is 12.0. The lowest BCUT2D eigenvalue weighted by Crippen LogP contribution is -2.62. The number of carboxylic acid groups (broad SMARTS) is 1. The monoisotopic (exact) mass is 1550 g/mol. The standard InChI is InChI=1S/C66H109N19O20S2/c1-10-33(6)48(79-52(92)38-18-13-21-69-38)60(100)78-45-31-107-106-30-44(57(97)76-42(28-87)55(95)72-39(19-14-22-70-64(67)68)53(93)75-43(29-88)56(96)74-41(25-32(4)5)62(102)84-23-15-17-37(84)27-86)77-61(101)49(34(7)11-2)81-65(104)83-66(105)82-51(91)36(9)71-54(94)40(26-47(89)90)73-59(99)46-20-16-24-85(46)63(103)50(35(8)12-3)80-58(45)98/h27,32-46,48-50,69,87-88H,10-26,28-31H2,1-9H3,(H,71,94)(H,72,95)(H,73,99)(H,74,96)(H,75,93)(H,76,97)(H,77,101)(H,78,100)(H,79,92)(H,80,98)(H,89,90)(H4,67,68,70)(H3,81,82,83,91,104,105)/t33-,34-,35-,36-,37-,38-,39-,40-,41-,42-,43-,44-,45-,46-,48-,49-,50-/m0/s1. The van der Waals surface area contributed by atoms with Gasteiger partial charge in [0.2, 0.25) is 76.8 Å². The van der Waals surface area contributed by atoms with Crippen molar-refractivity contribution in [1.29, 1.82) is 0 Å². The van der Waals surface area contributed by atoms with Crippen molar-refractivity contribution in [1.82, 2.24) is 84.2 Å². The number of nitrogens with zero attached hydrogens (tertiary/aromatic N) is 3. The zero-order valence-corrected chi connectivity index (χ0v) is 63.5. The van der Waals surface area contributed by atoms with Crippen molar-refractivity contribution in [3.05, 3.63) is 0 Å². The summed E-state index contributed by atoms with van der Waals surface area (Å²) in [6.07, 6.45) is 2.51. The Kier molecular flexibility index (Phi) is 38.0. The molecule has 0 aromatic rings. The van der Waals surface area contributed by atoms with Crippen LogP contribution in [0.15, 0.2) is 4.99 Å². The maximum atomic E-state index is 15.0. The smallest absolute Gasteiger partial charge is 0.329 e. The van der Waals surface area contributed by atoms with Gasteiger partial charge in [-0.05, 0) is 94.9 Å². The number of aliphatic hydroxyl groups is 2. The fraction of sp³-hybridized carbons (Fsp3) is 0.727. The molecule has 0 aromatic heterocycles. The minimum atomic E-state index is -1.97. The van der Waals surface area contributed by atoms with E-state index in [1.165, 1.54) is 11.8 Å². The number of rotatable bonds is 30. The number of guanidine groups is 1. The Morgan fingerprint density at radius 2 is 1.23 bits per heavy atom. The van der Waals surface area contributed by atoms with Gasteiger partial charge in [-0.15, -0.1) is 0 Å². The van der Waals surface area contributed by atoms with Gasteiger partial charge >= 0.3 is 18.0 Å². The van der Waals surface area contributed by atoms with Gasteiger partial charge in [0.15, 0.2) is 5.96 Å². The molecule has 4 aliphatic heterocycles. The third-order valence-corrected chi connectivity index (χ3v) is 21.3. The highest BCUT2D eigenvalue weighted by Crippen LogP contribution is 2.27. The van der Waals surface area contributed by atoms with Gasteiger partial charge in [0.05, 0.1) is 31.7 Å². The summed E-state index contributed by atoms with van der Waals surface area (Å²) < 4.78 is 0. The van der Waals surface area contributed by atoms with Crippen LogP contribution in [-0.2, 0) is 71.9 Å². The lowest BCUT2D eigenvalue weighted by atomic mass is 9.96. The second-order valence-corrected chi connectivity index (χ2v) is 30.1. The molecule has 0 unspecified atom stereocenters. The van der Waals surface area contributed by atoms with Gasteiger partial charge in [-0.3, -0.25) is 82.7 Å². The van der Waals surface area contributed by atoms with Gasteiger partial charge < -0.3 is 105 Å². The average molecular weight is 1550 g/mol. The number of aldehydes is 1. The number of fused-ring (bicyclic) bond motifs is 1. The van der Waals surface area contributed by atoms with Gasteiger partial charge in [0, 0.05) is 31.1 Å². The molecule has 4 fully saturated rings. The number of likely N-dealkylation sites (tertiary alicyclic amines) is 1. The van der Waals surface area contributed by atoms with Crippen molar-refractivity contribution in [3.63, 3.8) is 0 Å². The first kappa shape index (κ1) is 90.4. The molecule has 4 heterocycles. The largest absolute Gasteiger partial charge is 0.481 e. The lowest BCUT2D eigenvalue weighted by molar-refractivity contribution is -0.144. The number of aliphatic carboxylic acids is 1. The Bertz CT molecular complexity index is 3200. The summed E-state index contributed by atoms with van der Waals surface area (Å²) >= 11 is 0. The molecule has 0 aromatic carbocycles. The van der Waals surface area contributed by atoms with Crippen LogP contribution in [0.2, 0.25) is 0 Å². The van der Waals surface area contributed by atoms with Crippen LogP contribution in [0.25, 0.3) is 0 Å². The van der Waals surface area contributed by atoms with Crippen LogP contribution in [0.1, 0.15) is 146 Å². The van der Waals surface area contributed by atoms with Gasteiger partial charge in [-0.1, -0.05) is 96.2 Å². The Morgan fingerprint density at radius 3 is 1.83 bits per heavy atom.